The fourth-order valence-electron chi connectivity index (χ4n) is 0.899. The van der Waals surface area contributed by atoms with Crippen LogP contribution < -0.4 is 11.1 Å². The minimum atomic E-state index is -0.546. The molecular weight excluding hydrogens is 172 g/mol. The quantitative estimate of drug-likeness (QED) is 0.644. The molecule has 3 N–H and O–H groups in total. The van der Waals surface area contributed by atoms with E-state index in [0.29, 0.717) is 0 Å². The molecule has 4 heteroatoms. The van der Waals surface area contributed by atoms with Gasteiger partial charge in [0, 0.05) is 5.75 Å². The van der Waals surface area contributed by atoms with E-state index in [-0.39, 0.29) is 5.91 Å². The highest BCUT2D eigenvalue weighted by Gasteiger charge is 2.29. The van der Waals surface area contributed by atoms with Crippen LogP contribution in [0.15, 0.2) is 0 Å². The number of carbonyl (C=O) groups excluding carboxylic acids is 1. The Hall–Kier alpha value is -0.220. The van der Waals surface area contributed by atoms with Gasteiger partial charge in [-0.25, -0.2) is 0 Å². The van der Waals surface area contributed by atoms with Crippen LogP contribution in [0.25, 0.3) is 0 Å². The molecule has 1 amide bonds. The number of thioether (sulfide) groups is 1. The van der Waals surface area contributed by atoms with Gasteiger partial charge in [0.1, 0.15) is 5.54 Å². The Labute approximate surface area is 78.5 Å². The summed E-state index contributed by atoms with van der Waals surface area (Å²) in [5.74, 6) is 0.452. The summed E-state index contributed by atoms with van der Waals surface area (Å²) in [5.41, 5.74) is 4.74. The molecule has 0 heterocycles. The van der Waals surface area contributed by atoms with Crippen LogP contribution in [-0.4, -0.2) is 30.0 Å². The van der Waals surface area contributed by atoms with Gasteiger partial charge in [-0.2, -0.15) is 11.8 Å². The molecule has 0 aromatic rings. The Bertz CT molecular complexity index is 152. The summed E-state index contributed by atoms with van der Waals surface area (Å²) in [6.07, 6.45) is 2.98. The van der Waals surface area contributed by atoms with E-state index in [1.54, 1.807) is 11.8 Å². The van der Waals surface area contributed by atoms with E-state index in [1.807, 2.05) is 13.2 Å². The van der Waals surface area contributed by atoms with Crippen molar-refractivity contribution in [2.45, 2.75) is 25.8 Å². The maximum atomic E-state index is 11.1. The van der Waals surface area contributed by atoms with Gasteiger partial charge in [-0.3, -0.25) is 4.79 Å². The van der Waals surface area contributed by atoms with Crippen LogP contribution in [0.1, 0.15) is 20.3 Å². The van der Waals surface area contributed by atoms with Crippen molar-refractivity contribution in [3.05, 3.63) is 0 Å². The maximum absolute atomic E-state index is 11.1. The largest absolute Gasteiger partial charge is 0.368 e. The lowest BCUT2D eigenvalue weighted by Crippen LogP contribution is -2.55. The number of hydrogen-bond donors (Lipinski definition) is 2. The monoisotopic (exact) mass is 190 g/mol. The van der Waals surface area contributed by atoms with Crippen molar-refractivity contribution < 1.29 is 4.79 Å². The Balaban J connectivity index is 4.08. The zero-order valence-electron chi connectivity index (χ0n) is 8.02. The third-order valence-electron chi connectivity index (χ3n) is 1.74. The Morgan fingerprint density at radius 1 is 1.67 bits per heavy atom. The van der Waals surface area contributed by atoms with E-state index >= 15 is 0 Å². The molecule has 0 spiro atoms. The lowest BCUT2D eigenvalue weighted by molar-refractivity contribution is -0.122. The Kier molecular flexibility index (Phi) is 5.33. The third kappa shape index (κ3) is 3.45. The van der Waals surface area contributed by atoms with Crippen molar-refractivity contribution in [2.75, 3.05) is 18.6 Å². The van der Waals surface area contributed by atoms with Gasteiger partial charge >= 0.3 is 0 Å². The summed E-state index contributed by atoms with van der Waals surface area (Å²) >= 11 is 1.62. The smallest absolute Gasteiger partial charge is 0.238 e. The average molecular weight is 190 g/mol. The molecule has 0 aliphatic carbocycles. The van der Waals surface area contributed by atoms with Crippen LogP contribution in [0.4, 0.5) is 0 Å². The first-order valence-electron chi connectivity index (χ1n) is 4.10. The van der Waals surface area contributed by atoms with E-state index in [4.69, 9.17) is 5.73 Å². The molecule has 72 valence electrons. The second kappa shape index (κ2) is 5.43. The van der Waals surface area contributed by atoms with Crippen LogP contribution in [0.3, 0.4) is 0 Å². The number of carbonyl (C=O) groups is 1. The summed E-state index contributed by atoms with van der Waals surface area (Å²) < 4.78 is 0. The number of nitrogens with two attached hydrogens (primary N) is 1. The van der Waals surface area contributed by atoms with E-state index in [0.717, 1.165) is 18.7 Å². The lowest BCUT2D eigenvalue weighted by Gasteiger charge is -2.26. The van der Waals surface area contributed by atoms with Gasteiger partial charge in [0.15, 0.2) is 0 Å². The number of primary amides is 1. The van der Waals surface area contributed by atoms with E-state index in [9.17, 15) is 4.79 Å². The van der Waals surface area contributed by atoms with Crippen molar-refractivity contribution in [2.24, 2.45) is 5.73 Å². The van der Waals surface area contributed by atoms with Gasteiger partial charge in [-0.05, 0) is 26.1 Å². The second-order valence-electron chi connectivity index (χ2n) is 3.06. The van der Waals surface area contributed by atoms with Crippen molar-refractivity contribution in [1.29, 1.82) is 0 Å². The standard InChI is InChI=1S/C8H18N2OS/c1-4-5-10-8(2,6-12-3)7(9)11/h10H,4-6H2,1-3H3,(H2,9,11). The summed E-state index contributed by atoms with van der Waals surface area (Å²) in [6, 6.07) is 0. The molecule has 12 heavy (non-hydrogen) atoms. The fourth-order valence-corrected chi connectivity index (χ4v) is 1.72. The van der Waals surface area contributed by atoms with Crippen molar-refractivity contribution >= 4 is 17.7 Å². The normalized spacial score (nSPS) is 15.6. The predicted octanol–water partition coefficient (Wildman–Crippen LogP) is 0.593. The van der Waals surface area contributed by atoms with Gasteiger partial charge in [-0.15, -0.1) is 0 Å². The molecule has 0 aromatic carbocycles. The molecule has 3 nitrogen and oxygen atoms in total. The number of amides is 1. The summed E-state index contributed by atoms with van der Waals surface area (Å²) in [5, 5.41) is 3.15. The summed E-state index contributed by atoms with van der Waals surface area (Å²) in [6.45, 7) is 4.75. The van der Waals surface area contributed by atoms with Crippen molar-refractivity contribution in [1.82, 2.24) is 5.32 Å². The zero-order valence-corrected chi connectivity index (χ0v) is 8.83. The van der Waals surface area contributed by atoms with Gasteiger partial charge in [0.2, 0.25) is 5.91 Å². The van der Waals surface area contributed by atoms with Gasteiger partial charge < -0.3 is 11.1 Å². The predicted molar refractivity (Wildman–Crippen MR) is 54.3 cm³/mol. The molecule has 1 atom stereocenters. The number of rotatable bonds is 6. The van der Waals surface area contributed by atoms with Gasteiger partial charge in [0.05, 0.1) is 0 Å². The molecule has 0 saturated carbocycles. The van der Waals surface area contributed by atoms with Crippen LogP contribution in [0.2, 0.25) is 0 Å². The van der Waals surface area contributed by atoms with E-state index < -0.39 is 5.54 Å². The Morgan fingerprint density at radius 3 is 2.58 bits per heavy atom. The van der Waals surface area contributed by atoms with Crippen molar-refractivity contribution in [3.8, 4) is 0 Å². The maximum Gasteiger partial charge on any atom is 0.238 e. The molecule has 0 aromatic heterocycles. The molecular formula is C8H18N2OS. The lowest BCUT2D eigenvalue weighted by atomic mass is 10.1. The molecule has 0 aliphatic rings. The molecule has 1 unspecified atom stereocenters. The van der Waals surface area contributed by atoms with Crippen LogP contribution in [0, 0.1) is 0 Å². The van der Waals surface area contributed by atoms with Crippen LogP contribution in [-0.2, 0) is 4.79 Å². The SMILES string of the molecule is CCCNC(C)(CSC)C(N)=O. The van der Waals surface area contributed by atoms with Gasteiger partial charge in [0.25, 0.3) is 0 Å². The average Bonchev–Trinajstić information content (AvgIpc) is 2.01. The zero-order chi connectivity index (χ0) is 9.61. The minimum absolute atomic E-state index is 0.273. The highest BCUT2D eigenvalue weighted by molar-refractivity contribution is 7.98. The molecule has 0 fully saturated rings. The number of hydrogen-bond acceptors (Lipinski definition) is 3. The first kappa shape index (κ1) is 11.8. The molecule has 0 saturated heterocycles. The molecule has 0 aliphatic heterocycles. The van der Waals surface area contributed by atoms with Crippen LogP contribution in [0.5, 0.6) is 0 Å². The molecule has 0 bridgehead atoms. The summed E-state index contributed by atoms with van der Waals surface area (Å²) in [7, 11) is 0. The van der Waals surface area contributed by atoms with E-state index in [1.165, 1.54) is 0 Å². The topological polar surface area (TPSA) is 55.1 Å². The Morgan fingerprint density at radius 2 is 2.25 bits per heavy atom. The van der Waals surface area contributed by atoms with Crippen molar-refractivity contribution in [3.63, 3.8) is 0 Å². The summed E-state index contributed by atoms with van der Waals surface area (Å²) in [4.78, 5) is 11.1. The first-order valence-corrected chi connectivity index (χ1v) is 5.50. The molecule has 0 radical (unpaired) electrons. The second-order valence-corrected chi connectivity index (χ2v) is 3.92. The van der Waals surface area contributed by atoms with E-state index in [2.05, 4.69) is 12.2 Å². The first-order chi connectivity index (χ1) is 5.56. The third-order valence-corrected chi connectivity index (χ3v) is 2.61. The minimum Gasteiger partial charge on any atom is -0.368 e. The highest BCUT2D eigenvalue weighted by Crippen LogP contribution is 2.09. The molecule has 0 rings (SSSR count). The fraction of sp³-hybridized carbons (Fsp3) is 0.875. The van der Waals surface area contributed by atoms with Crippen LogP contribution >= 0.6 is 11.8 Å². The number of nitrogens with one attached hydrogen (secondary N) is 1. The highest BCUT2D eigenvalue weighted by atomic mass is 32.2. The van der Waals surface area contributed by atoms with Gasteiger partial charge in [-0.1, -0.05) is 6.92 Å².